The van der Waals surface area contributed by atoms with Gasteiger partial charge in [0.05, 0.1) is 0 Å². The Morgan fingerprint density at radius 2 is 1.79 bits per heavy atom. The van der Waals surface area contributed by atoms with E-state index in [0.717, 1.165) is 25.0 Å². The van der Waals surface area contributed by atoms with Crippen LogP contribution in [-0.2, 0) is 0 Å². The third-order valence-corrected chi connectivity index (χ3v) is 2.76. The Hall–Kier alpha value is -1.33. The average Bonchev–Trinajstić information content (AvgIpc) is 2.23. The summed E-state index contributed by atoms with van der Waals surface area (Å²) in [6.45, 7) is 2.05. The van der Waals surface area contributed by atoms with Crippen LogP contribution in [0.25, 0.3) is 0 Å². The molecule has 14 heavy (non-hydrogen) atoms. The lowest BCUT2D eigenvalue weighted by molar-refractivity contribution is 0.492. The molecule has 0 N–H and O–H groups in total. The summed E-state index contributed by atoms with van der Waals surface area (Å²) in [5, 5.41) is 0. The van der Waals surface area contributed by atoms with E-state index in [1.54, 1.807) is 0 Å². The first-order chi connectivity index (χ1) is 6.86. The van der Waals surface area contributed by atoms with E-state index in [4.69, 9.17) is 4.74 Å². The Bertz CT molecular complexity index is 412. The van der Waals surface area contributed by atoms with Crippen LogP contribution in [0.4, 0.5) is 0 Å². The van der Waals surface area contributed by atoms with Gasteiger partial charge in [0.15, 0.2) is 5.48 Å². The summed E-state index contributed by atoms with van der Waals surface area (Å²) in [6, 6.07) is 14.0. The summed E-state index contributed by atoms with van der Waals surface area (Å²) in [5.41, 5.74) is 2.14. The standard InChI is InChI=1S/C12H11OP/c1-10-6-2-3-7-11(10)13-12-8-4-5-9-14-12/h2-9H,1H3. The number of para-hydroxylation sites is 1. The molecule has 2 heteroatoms. The predicted molar refractivity (Wildman–Crippen MR) is 60.2 cm³/mol. The molecule has 1 aromatic carbocycles. The van der Waals surface area contributed by atoms with Crippen molar-refractivity contribution < 1.29 is 4.74 Å². The lowest BCUT2D eigenvalue weighted by atomic mass is 10.2. The fourth-order valence-corrected chi connectivity index (χ4v) is 1.85. The summed E-state index contributed by atoms with van der Waals surface area (Å²) in [7, 11) is 1.12. The zero-order valence-corrected chi connectivity index (χ0v) is 8.87. The zero-order chi connectivity index (χ0) is 9.80. The topological polar surface area (TPSA) is 9.23 Å². The monoisotopic (exact) mass is 202 g/mol. The largest absolute Gasteiger partial charge is 0.452 e. The minimum atomic E-state index is 0.940. The first kappa shape index (κ1) is 9.23. The highest BCUT2D eigenvalue weighted by Gasteiger charge is 1.98. The molecule has 0 bridgehead atoms. The van der Waals surface area contributed by atoms with Crippen molar-refractivity contribution in [2.75, 3.05) is 0 Å². The first-order valence-electron chi connectivity index (χ1n) is 4.51. The van der Waals surface area contributed by atoms with Crippen molar-refractivity contribution in [3.8, 4) is 11.2 Å². The van der Waals surface area contributed by atoms with Gasteiger partial charge in [0.2, 0.25) is 0 Å². The Kier molecular flexibility index (Phi) is 2.81. The molecule has 1 heterocycles. The number of hydrogen-bond donors (Lipinski definition) is 0. The smallest absolute Gasteiger partial charge is 0.153 e. The molecule has 70 valence electrons. The van der Waals surface area contributed by atoms with E-state index in [1.807, 2.05) is 36.4 Å². The van der Waals surface area contributed by atoms with Crippen molar-refractivity contribution in [3.05, 3.63) is 53.8 Å². The van der Waals surface area contributed by atoms with Crippen molar-refractivity contribution in [2.24, 2.45) is 0 Å². The molecule has 0 unspecified atom stereocenters. The van der Waals surface area contributed by atoms with E-state index in [9.17, 15) is 0 Å². The molecular weight excluding hydrogens is 191 g/mol. The highest BCUT2D eigenvalue weighted by molar-refractivity contribution is 7.31. The molecule has 0 aliphatic heterocycles. The molecule has 1 aromatic heterocycles. The Morgan fingerprint density at radius 1 is 1.00 bits per heavy atom. The minimum absolute atomic E-state index is 0.940. The average molecular weight is 202 g/mol. The minimum Gasteiger partial charge on any atom is -0.452 e. The van der Waals surface area contributed by atoms with E-state index < -0.39 is 0 Å². The van der Waals surface area contributed by atoms with E-state index in [2.05, 4.69) is 18.8 Å². The predicted octanol–water partition coefficient (Wildman–Crippen LogP) is 4.37. The summed E-state index contributed by atoms with van der Waals surface area (Å²) < 4.78 is 5.75. The number of benzene rings is 1. The van der Waals surface area contributed by atoms with Gasteiger partial charge in [0.1, 0.15) is 5.75 Å². The van der Waals surface area contributed by atoms with Crippen molar-refractivity contribution in [3.63, 3.8) is 0 Å². The maximum Gasteiger partial charge on any atom is 0.153 e. The van der Waals surface area contributed by atoms with Crippen LogP contribution in [0.3, 0.4) is 0 Å². The van der Waals surface area contributed by atoms with Gasteiger partial charge in [-0.05, 0) is 38.6 Å². The molecular formula is C12H11OP. The lowest BCUT2D eigenvalue weighted by Gasteiger charge is -2.06. The molecule has 0 radical (unpaired) electrons. The molecule has 0 saturated carbocycles. The van der Waals surface area contributed by atoms with Gasteiger partial charge in [0, 0.05) is 0 Å². The molecule has 1 nitrogen and oxygen atoms in total. The molecule has 0 saturated heterocycles. The van der Waals surface area contributed by atoms with Crippen LogP contribution in [0.1, 0.15) is 5.56 Å². The van der Waals surface area contributed by atoms with Crippen LogP contribution in [-0.4, -0.2) is 0 Å². The fraction of sp³-hybridized carbons (Fsp3) is 0.0833. The van der Waals surface area contributed by atoms with Crippen LogP contribution < -0.4 is 4.74 Å². The van der Waals surface area contributed by atoms with Crippen LogP contribution >= 0.6 is 8.19 Å². The molecule has 0 fully saturated rings. The van der Waals surface area contributed by atoms with Crippen LogP contribution in [0, 0.1) is 6.92 Å². The molecule has 0 spiro atoms. The lowest BCUT2D eigenvalue weighted by Crippen LogP contribution is -1.84. The molecule has 0 atom stereocenters. The van der Waals surface area contributed by atoms with Crippen molar-refractivity contribution in [1.82, 2.24) is 0 Å². The van der Waals surface area contributed by atoms with E-state index >= 15 is 0 Å². The van der Waals surface area contributed by atoms with Gasteiger partial charge in [-0.25, -0.2) is 0 Å². The van der Waals surface area contributed by atoms with Crippen molar-refractivity contribution in [1.29, 1.82) is 0 Å². The van der Waals surface area contributed by atoms with Gasteiger partial charge < -0.3 is 4.74 Å². The van der Waals surface area contributed by atoms with Gasteiger partial charge in [0.25, 0.3) is 0 Å². The summed E-state index contributed by atoms with van der Waals surface area (Å²) in [4.78, 5) is 0. The van der Waals surface area contributed by atoms with Crippen LogP contribution in [0.5, 0.6) is 11.2 Å². The molecule has 2 aromatic rings. The summed E-state index contributed by atoms with van der Waals surface area (Å²) >= 11 is 0. The second kappa shape index (κ2) is 4.26. The normalized spacial score (nSPS) is 10.4. The molecule has 0 amide bonds. The second-order valence-electron chi connectivity index (χ2n) is 3.04. The highest BCUT2D eigenvalue weighted by atomic mass is 31.0. The maximum atomic E-state index is 5.75. The van der Waals surface area contributed by atoms with Crippen LogP contribution in [0.15, 0.2) is 48.3 Å². The third kappa shape index (κ3) is 2.12. The zero-order valence-electron chi connectivity index (χ0n) is 7.97. The van der Waals surface area contributed by atoms with E-state index in [0.29, 0.717) is 0 Å². The maximum absolute atomic E-state index is 5.75. The number of ether oxygens (including phenoxy) is 1. The molecule has 0 aliphatic rings. The second-order valence-corrected chi connectivity index (χ2v) is 4.03. The fourth-order valence-electron chi connectivity index (χ4n) is 1.19. The number of aryl methyl sites for hydroxylation is 1. The van der Waals surface area contributed by atoms with Crippen LogP contribution in [0.2, 0.25) is 0 Å². The highest BCUT2D eigenvalue weighted by Crippen LogP contribution is 2.29. The molecule has 2 rings (SSSR count). The first-order valence-corrected chi connectivity index (χ1v) is 5.47. The SMILES string of the molecule is Cc1ccccc1Oc1ccccp1. The van der Waals surface area contributed by atoms with Gasteiger partial charge in [-0.1, -0.05) is 30.3 Å². The third-order valence-electron chi connectivity index (χ3n) is 1.95. The van der Waals surface area contributed by atoms with Gasteiger partial charge >= 0.3 is 0 Å². The Balaban J connectivity index is 2.24. The number of hydrogen-bond acceptors (Lipinski definition) is 1. The Labute approximate surface area is 85.5 Å². The molecule has 0 aliphatic carbocycles. The van der Waals surface area contributed by atoms with Gasteiger partial charge in [-0.3, -0.25) is 0 Å². The van der Waals surface area contributed by atoms with Crippen molar-refractivity contribution >= 4 is 8.19 Å². The van der Waals surface area contributed by atoms with Crippen molar-refractivity contribution in [2.45, 2.75) is 6.92 Å². The van der Waals surface area contributed by atoms with Gasteiger partial charge in [-0.15, -0.1) is 0 Å². The van der Waals surface area contributed by atoms with Gasteiger partial charge in [-0.2, -0.15) is 0 Å². The van der Waals surface area contributed by atoms with E-state index in [1.165, 1.54) is 0 Å². The summed E-state index contributed by atoms with van der Waals surface area (Å²) in [5.74, 6) is 3.00. The quantitative estimate of drug-likeness (QED) is 0.702. The Morgan fingerprint density at radius 3 is 2.50 bits per heavy atom. The number of rotatable bonds is 2. The summed E-state index contributed by atoms with van der Waals surface area (Å²) in [6.07, 6.45) is 0. The van der Waals surface area contributed by atoms with E-state index in [-0.39, 0.29) is 0 Å².